The highest BCUT2D eigenvalue weighted by molar-refractivity contribution is 6.01. The molecule has 2 aromatic rings. The van der Waals surface area contributed by atoms with E-state index in [1.54, 1.807) is 54.8 Å². The van der Waals surface area contributed by atoms with Crippen LogP contribution < -0.4 is 4.74 Å². The maximum absolute atomic E-state index is 13.0. The third-order valence-electron chi connectivity index (χ3n) is 4.90. The molecule has 1 aromatic carbocycles. The van der Waals surface area contributed by atoms with Gasteiger partial charge in [-0.3, -0.25) is 4.79 Å². The summed E-state index contributed by atoms with van der Waals surface area (Å²) in [5.41, 5.74) is 1.99. The second-order valence-corrected chi connectivity index (χ2v) is 6.81. The van der Waals surface area contributed by atoms with E-state index in [0.29, 0.717) is 54.4 Å². The average Bonchev–Trinajstić information content (AvgIpc) is 3.02. The number of hydrogen-bond donors (Lipinski definition) is 1. The van der Waals surface area contributed by atoms with Crippen molar-refractivity contribution >= 4 is 18.0 Å². The number of H-pyrrole nitrogens is 1. The fourth-order valence-corrected chi connectivity index (χ4v) is 3.38. The van der Waals surface area contributed by atoms with Crippen LogP contribution in [-0.2, 0) is 4.74 Å². The Hall–Kier alpha value is -3.29. The normalized spacial score (nSPS) is 13.9. The lowest BCUT2D eigenvalue weighted by molar-refractivity contribution is 0.0519. The number of aromatic nitrogens is 1. The van der Waals surface area contributed by atoms with Crippen molar-refractivity contribution in [3.63, 3.8) is 0 Å². The van der Waals surface area contributed by atoms with Crippen molar-refractivity contribution in [1.82, 2.24) is 14.8 Å². The molecule has 1 aliphatic heterocycles. The number of hydrogen-bond acceptors (Lipinski definition) is 5. The van der Waals surface area contributed by atoms with Crippen LogP contribution in [0.25, 0.3) is 0 Å². The molecule has 0 radical (unpaired) electrons. The van der Waals surface area contributed by atoms with Crippen LogP contribution in [0, 0.1) is 13.8 Å². The molecule has 1 N–H and O–H groups in total. The number of carbonyl (C=O) groups is 3. The Morgan fingerprint density at radius 1 is 1.00 bits per heavy atom. The highest BCUT2D eigenvalue weighted by atomic mass is 16.6. The van der Waals surface area contributed by atoms with Gasteiger partial charge in [-0.25, -0.2) is 9.59 Å². The van der Waals surface area contributed by atoms with E-state index in [2.05, 4.69) is 4.98 Å². The van der Waals surface area contributed by atoms with Gasteiger partial charge in [0.05, 0.1) is 12.2 Å². The van der Waals surface area contributed by atoms with Crippen LogP contribution in [0.1, 0.15) is 39.0 Å². The monoisotopic (exact) mass is 399 g/mol. The first kappa shape index (κ1) is 20.4. The first-order chi connectivity index (χ1) is 13.9. The van der Waals surface area contributed by atoms with Crippen LogP contribution in [0.3, 0.4) is 0 Å². The van der Waals surface area contributed by atoms with Gasteiger partial charge >= 0.3 is 12.1 Å². The molecule has 1 aromatic heterocycles. The molecule has 2 amide bonds. The molecule has 8 nitrogen and oxygen atoms in total. The summed E-state index contributed by atoms with van der Waals surface area (Å²) in [5, 5.41) is 0. The minimum absolute atomic E-state index is 0.164. The summed E-state index contributed by atoms with van der Waals surface area (Å²) >= 11 is 0. The number of benzene rings is 1. The van der Waals surface area contributed by atoms with E-state index in [-0.39, 0.29) is 12.5 Å². The molecule has 3 rings (SSSR count). The van der Waals surface area contributed by atoms with Gasteiger partial charge in [-0.1, -0.05) is 18.2 Å². The van der Waals surface area contributed by atoms with Gasteiger partial charge in [-0.2, -0.15) is 0 Å². The Balaban J connectivity index is 1.63. The molecule has 0 aliphatic carbocycles. The van der Waals surface area contributed by atoms with Crippen LogP contribution >= 0.6 is 0 Å². The number of carbonyl (C=O) groups excluding carboxylic acids is 3. The van der Waals surface area contributed by atoms with Crippen molar-refractivity contribution in [2.75, 3.05) is 32.8 Å². The second kappa shape index (κ2) is 8.81. The fraction of sp³-hybridized carbons (Fsp3) is 0.381. The van der Waals surface area contributed by atoms with Crippen molar-refractivity contribution in [3.8, 4) is 5.75 Å². The number of esters is 1. The van der Waals surface area contributed by atoms with Crippen LogP contribution in [0.15, 0.2) is 30.3 Å². The number of para-hydroxylation sites is 1. The highest BCUT2D eigenvalue weighted by Crippen LogP contribution is 2.22. The first-order valence-corrected chi connectivity index (χ1v) is 9.59. The number of rotatable bonds is 4. The Morgan fingerprint density at radius 2 is 1.62 bits per heavy atom. The van der Waals surface area contributed by atoms with Crippen molar-refractivity contribution in [1.29, 1.82) is 0 Å². The predicted octanol–water partition coefficient (Wildman–Crippen LogP) is 2.77. The molecular formula is C21H25N3O5. The highest BCUT2D eigenvalue weighted by Gasteiger charge is 2.30. The molecule has 0 atom stereocenters. The molecule has 1 aliphatic rings. The Labute approximate surface area is 169 Å². The van der Waals surface area contributed by atoms with E-state index in [1.165, 1.54) is 0 Å². The predicted molar refractivity (Wildman–Crippen MR) is 106 cm³/mol. The molecule has 1 saturated heterocycles. The third-order valence-corrected chi connectivity index (χ3v) is 4.90. The summed E-state index contributed by atoms with van der Waals surface area (Å²) in [5.74, 6) is -0.149. The lowest BCUT2D eigenvalue weighted by Gasteiger charge is -2.34. The van der Waals surface area contributed by atoms with Gasteiger partial charge in [0.1, 0.15) is 11.4 Å². The lowest BCUT2D eigenvalue weighted by Crippen LogP contribution is -2.51. The van der Waals surface area contributed by atoms with Gasteiger partial charge in [-0.05, 0) is 38.5 Å². The lowest BCUT2D eigenvalue weighted by atomic mass is 10.1. The maximum Gasteiger partial charge on any atom is 0.415 e. The minimum Gasteiger partial charge on any atom is -0.461 e. The second-order valence-electron chi connectivity index (χ2n) is 6.81. The molecule has 0 unspecified atom stereocenters. The van der Waals surface area contributed by atoms with Crippen LogP contribution in [-0.4, -0.2) is 65.5 Å². The number of nitrogens with one attached hydrogen (secondary N) is 1. The van der Waals surface area contributed by atoms with Crippen LogP contribution in [0.4, 0.5) is 4.79 Å². The van der Waals surface area contributed by atoms with Gasteiger partial charge in [0.2, 0.25) is 0 Å². The van der Waals surface area contributed by atoms with Gasteiger partial charge in [-0.15, -0.1) is 0 Å². The molecule has 29 heavy (non-hydrogen) atoms. The number of piperazine rings is 1. The number of ether oxygens (including phenoxy) is 2. The summed E-state index contributed by atoms with van der Waals surface area (Å²) in [6.07, 6.45) is -0.429. The number of nitrogens with zero attached hydrogens (tertiary/aromatic N) is 2. The molecule has 0 spiro atoms. The molecular weight excluding hydrogens is 374 g/mol. The van der Waals surface area contributed by atoms with Gasteiger partial charge < -0.3 is 24.3 Å². The van der Waals surface area contributed by atoms with Crippen molar-refractivity contribution < 1.29 is 23.9 Å². The van der Waals surface area contributed by atoms with E-state index in [0.717, 1.165) is 0 Å². The van der Waals surface area contributed by atoms with Crippen LogP contribution in [0.2, 0.25) is 0 Å². The van der Waals surface area contributed by atoms with E-state index in [1.807, 2.05) is 6.07 Å². The third kappa shape index (κ3) is 4.42. The molecule has 8 heteroatoms. The average molecular weight is 399 g/mol. The molecule has 0 saturated carbocycles. The summed E-state index contributed by atoms with van der Waals surface area (Å²) < 4.78 is 10.4. The first-order valence-electron chi connectivity index (χ1n) is 9.59. The maximum atomic E-state index is 13.0. The summed E-state index contributed by atoms with van der Waals surface area (Å²) in [6.45, 7) is 7.03. The molecule has 1 fully saturated rings. The van der Waals surface area contributed by atoms with Crippen LogP contribution in [0.5, 0.6) is 5.75 Å². The fourth-order valence-electron chi connectivity index (χ4n) is 3.38. The van der Waals surface area contributed by atoms with Gasteiger partial charge in [0.25, 0.3) is 5.91 Å². The van der Waals surface area contributed by atoms with Crippen molar-refractivity contribution in [2.45, 2.75) is 20.8 Å². The quantitative estimate of drug-likeness (QED) is 0.798. The molecule has 0 bridgehead atoms. The van der Waals surface area contributed by atoms with E-state index in [4.69, 9.17) is 9.47 Å². The number of aromatic amines is 1. The Kier molecular flexibility index (Phi) is 6.21. The van der Waals surface area contributed by atoms with Gasteiger partial charge in [0.15, 0.2) is 0 Å². The van der Waals surface area contributed by atoms with E-state index >= 15 is 0 Å². The zero-order valence-corrected chi connectivity index (χ0v) is 16.9. The van der Waals surface area contributed by atoms with Crippen molar-refractivity contribution in [2.24, 2.45) is 0 Å². The Bertz CT molecular complexity index is 899. The Morgan fingerprint density at radius 3 is 2.24 bits per heavy atom. The van der Waals surface area contributed by atoms with Crippen molar-refractivity contribution in [3.05, 3.63) is 52.8 Å². The largest absolute Gasteiger partial charge is 0.461 e. The topological polar surface area (TPSA) is 91.9 Å². The smallest absolute Gasteiger partial charge is 0.415 e. The van der Waals surface area contributed by atoms with Gasteiger partial charge in [0, 0.05) is 31.9 Å². The zero-order valence-electron chi connectivity index (χ0n) is 16.9. The standard InChI is InChI=1S/C21H25N3O5/c1-4-28-20(26)18-14(2)17(15(3)22-18)19(25)23-10-12-24(13-11-23)21(27)29-16-8-6-5-7-9-16/h5-9,22H,4,10-13H2,1-3H3. The number of aryl methyl sites for hydroxylation is 1. The summed E-state index contributed by atoms with van der Waals surface area (Å²) in [6, 6.07) is 8.88. The summed E-state index contributed by atoms with van der Waals surface area (Å²) in [7, 11) is 0. The summed E-state index contributed by atoms with van der Waals surface area (Å²) in [4.78, 5) is 43.6. The zero-order chi connectivity index (χ0) is 21.0. The minimum atomic E-state index is -0.472. The molecule has 154 valence electrons. The SMILES string of the molecule is CCOC(=O)c1[nH]c(C)c(C(=O)N2CCN(C(=O)Oc3ccccc3)CC2)c1C. The number of amides is 2. The molecule has 2 heterocycles. The van der Waals surface area contributed by atoms with E-state index in [9.17, 15) is 14.4 Å². The van der Waals surface area contributed by atoms with E-state index < -0.39 is 12.1 Å².